The van der Waals surface area contributed by atoms with Gasteiger partial charge in [-0.15, -0.1) is 10.2 Å². The number of hydrogen-bond donors (Lipinski definition) is 0. The van der Waals surface area contributed by atoms with E-state index in [9.17, 15) is 13.2 Å². The molecule has 3 rings (SSSR count). The number of carbonyl (C=O) groups excluding carboxylic acids is 1. The van der Waals surface area contributed by atoms with Crippen LogP contribution in [0.5, 0.6) is 0 Å². The number of carbonyl (C=O) groups is 1. The molecule has 0 spiro atoms. The average molecular weight is 325 g/mol. The molecule has 0 aromatic carbocycles. The Bertz CT molecular complexity index is 759. The van der Waals surface area contributed by atoms with Crippen molar-refractivity contribution < 1.29 is 17.7 Å². The van der Waals surface area contributed by atoms with Gasteiger partial charge in [0, 0.05) is 26.2 Å². The highest BCUT2D eigenvalue weighted by Gasteiger charge is 2.36. The van der Waals surface area contributed by atoms with Gasteiger partial charge in [-0.2, -0.15) is 0 Å². The average Bonchev–Trinajstić information content (AvgIpc) is 3.18. The fourth-order valence-corrected chi connectivity index (χ4v) is 4.27. The molecule has 22 heavy (non-hydrogen) atoms. The van der Waals surface area contributed by atoms with E-state index in [4.69, 9.17) is 4.52 Å². The number of sulfone groups is 1. The van der Waals surface area contributed by atoms with E-state index < -0.39 is 15.1 Å². The van der Waals surface area contributed by atoms with Crippen molar-refractivity contribution in [1.29, 1.82) is 0 Å². The summed E-state index contributed by atoms with van der Waals surface area (Å²) in [6.45, 7) is 0.697. The fraction of sp³-hybridized carbons (Fsp3) is 0.500. The number of aryl methyl sites for hydroxylation is 1. The van der Waals surface area contributed by atoms with Crippen molar-refractivity contribution in [3.63, 3.8) is 0 Å². The number of piperidine rings is 1. The van der Waals surface area contributed by atoms with Gasteiger partial charge in [0.15, 0.2) is 0 Å². The molecule has 1 saturated heterocycles. The molecule has 118 valence electrons. The Morgan fingerprint density at radius 2 is 2.09 bits per heavy atom. The van der Waals surface area contributed by atoms with E-state index in [0.717, 1.165) is 0 Å². The predicted octanol–water partition coefficient (Wildman–Crippen LogP) is -0.118. The van der Waals surface area contributed by atoms with E-state index in [-0.39, 0.29) is 16.8 Å². The standard InChI is InChI=1S/C12H15N5O4S/c1-16-8-13-15-12(16)22(19,20)9-3-6-17(7-4-9)11(18)10-2-5-14-21-10/h2,5,8-9H,3-4,6-7H2,1H3. The van der Waals surface area contributed by atoms with Crippen LogP contribution in [0.15, 0.2) is 28.3 Å². The van der Waals surface area contributed by atoms with E-state index in [1.807, 2.05) is 0 Å². The molecule has 1 aliphatic rings. The number of likely N-dealkylation sites (tertiary alicyclic amines) is 1. The maximum atomic E-state index is 12.5. The zero-order valence-corrected chi connectivity index (χ0v) is 12.7. The zero-order chi connectivity index (χ0) is 15.7. The molecular weight excluding hydrogens is 310 g/mol. The summed E-state index contributed by atoms with van der Waals surface area (Å²) in [7, 11) is -1.94. The van der Waals surface area contributed by atoms with Crippen LogP contribution >= 0.6 is 0 Å². The molecule has 0 radical (unpaired) electrons. The van der Waals surface area contributed by atoms with Crippen LogP contribution in [0.25, 0.3) is 0 Å². The summed E-state index contributed by atoms with van der Waals surface area (Å²) < 4.78 is 31.3. The molecule has 0 bridgehead atoms. The first kappa shape index (κ1) is 14.7. The second kappa shape index (κ2) is 5.52. The Balaban J connectivity index is 1.70. The summed E-state index contributed by atoms with van der Waals surface area (Å²) in [5.74, 6) is -0.110. The molecule has 1 fully saturated rings. The van der Waals surface area contributed by atoms with E-state index in [0.29, 0.717) is 25.9 Å². The highest BCUT2D eigenvalue weighted by molar-refractivity contribution is 7.91. The molecule has 3 heterocycles. The van der Waals surface area contributed by atoms with Crippen molar-refractivity contribution in [2.75, 3.05) is 13.1 Å². The molecule has 9 nitrogen and oxygen atoms in total. The lowest BCUT2D eigenvalue weighted by molar-refractivity contribution is 0.0683. The van der Waals surface area contributed by atoms with Gasteiger partial charge in [-0.3, -0.25) is 4.79 Å². The van der Waals surface area contributed by atoms with Gasteiger partial charge in [0.25, 0.3) is 5.91 Å². The summed E-state index contributed by atoms with van der Waals surface area (Å²) in [4.78, 5) is 13.7. The molecular formula is C12H15N5O4S. The van der Waals surface area contributed by atoms with Crippen molar-refractivity contribution in [3.05, 3.63) is 24.4 Å². The normalized spacial score (nSPS) is 16.9. The van der Waals surface area contributed by atoms with Crippen molar-refractivity contribution in [2.45, 2.75) is 23.2 Å². The number of nitrogens with zero attached hydrogens (tertiary/aromatic N) is 5. The lowest BCUT2D eigenvalue weighted by Gasteiger charge is -2.30. The van der Waals surface area contributed by atoms with Gasteiger partial charge in [-0.05, 0) is 12.8 Å². The molecule has 0 N–H and O–H groups in total. The third kappa shape index (κ3) is 2.49. The van der Waals surface area contributed by atoms with E-state index in [2.05, 4.69) is 15.4 Å². The number of hydrogen-bond acceptors (Lipinski definition) is 7. The second-order valence-electron chi connectivity index (χ2n) is 5.14. The summed E-state index contributed by atoms with van der Waals surface area (Å²) in [5.41, 5.74) is 0. The van der Waals surface area contributed by atoms with Gasteiger partial charge < -0.3 is 14.0 Å². The lowest BCUT2D eigenvalue weighted by Crippen LogP contribution is -2.42. The van der Waals surface area contributed by atoms with Crippen LogP contribution in [-0.4, -0.2) is 57.5 Å². The Morgan fingerprint density at radius 1 is 1.36 bits per heavy atom. The summed E-state index contributed by atoms with van der Waals surface area (Å²) in [6.07, 6.45) is 3.47. The van der Waals surface area contributed by atoms with Crippen molar-refractivity contribution in [1.82, 2.24) is 24.8 Å². The third-order valence-corrected chi connectivity index (χ3v) is 5.97. The van der Waals surface area contributed by atoms with Crippen LogP contribution in [0.4, 0.5) is 0 Å². The quantitative estimate of drug-likeness (QED) is 0.773. The minimum atomic E-state index is -3.54. The monoisotopic (exact) mass is 325 g/mol. The SMILES string of the molecule is Cn1cnnc1S(=O)(=O)C1CCN(C(=O)c2ccno2)CC1. The van der Waals surface area contributed by atoms with Gasteiger partial charge in [-0.1, -0.05) is 5.16 Å². The molecule has 0 unspecified atom stereocenters. The van der Waals surface area contributed by atoms with Gasteiger partial charge in [0.05, 0.1) is 11.4 Å². The number of aromatic nitrogens is 4. The first-order valence-corrected chi connectivity index (χ1v) is 8.32. The minimum absolute atomic E-state index is 0.0347. The highest BCUT2D eigenvalue weighted by Crippen LogP contribution is 2.23. The van der Waals surface area contributed by atoms with E-state index in [1.165, 1.54) is 23.2 Å². The third-order valence-electron chi connectivity index (χ3n) is 3.74. The van der Waals surface area contributed by atoms with Crippen LogP contribution < -0.4 is 0 Å². The summed E-state index contributed by atoms with van der Waals surface area (Å²) >= 11 is 0. The van der Waals surface area contributed by atoms with Crippen LogP contribution in [0.1, 0.15) is 23.4 Å². The van der Waals surface area contributed by atoms with Crippen LogP contribution in [0.3, 0.4) is 0 Å². The first-order chi connectivity index (χ1) is 10.5. The summed E-state index contributed by atoms with van der Waals surface area (Å²) in [6, 6.07) is 1.49. The van der Waals surface area contributed by atoms with Crippen molar-refractivity contribution in [3.8, 4) is 0 Å². The molecule has 10 heteroatoms. The molecule has 0 saturated carbocycles. The van der Waals surface area contributed by atoms with E-state index >= 15 is 0 Å². The second-order valence-corrected chi connectivity index (χ2v) is 7.26. The molecule has 1 aliphatic heterocycles. The maximum Gasteiger partial charge on any atom is 0.292 e. The van der Waals surface area contributed by atoms with Crippen LogP contribution in [0, 0.1) is 0 Å². The molecule has 0 atom stereocenters. The molecule has 2 aromatic heterocycles. The zero-order valence-electron chi connectivity index (χ0n) is 11.9. The Hall–Kier alpha value is -2.23. The largest absolute Gasteiger partial charge is 0.351 e. The first-order valence-electron chi connectivity index (χ1n) is 6.78. The molecule has 0 aliphatic carbocycles. The van der Waals surface area contributed by atoms with E-state index in [1.54, 1.807) is 11.9 Å². The summed E-state index contributed by atoms with van der Waals surface area (Å²) in [5, 5.41) is 10.2. The van der Waals surface area contributed by atoms with Gasteiger partial charge in [0.1, 0.15) is 6.33 Å². The molecule has 1 amide bonds. The van der Waals surface area contributed by atoms with Crippen LogP contribution in [-0.2, 0) is 16.9 Å². The Labute approximate surface area is 126 Å². The predicted molar refractivity (Wildman–Crippen MR) is 73.6 cm³/mol. The van der Waals surface area contributed by atoms with Crippen molar-refractivity contribution >= 4 is 15.7 Å². The number of amides is 1. The smallest absolute Gasteiger partial charge is 0.292 e. The van der Waals surface area contributed by atoms with Gasteiger partial charge in [0.2, 0.25) is 20.8 Å². The number of rotatable bonds is 3. The maximum absolute atomic E-state index is 12.5. The lowest BCUT2D eigenvalue weighted by atomic mass is 10.1. The fourth-order valence-electron chi connectivity index (χ4n) is 2.53. The molecule has 2 aromatic rings. The Kier molecular flexibility index (Phi) is 3.69. The van der Waals surface area contributed by atoms with Gasteiger partial charge in [-0.25, -0.2) is 8.42 Å². The van der Waals surface area contributed by atoms with Crippen LogP contribution in [0.2, 0.25) is 0 Å². The van der Waals surface area contributed by atoms with Crippen molar-refractivity contribution in [2.24, 2.45) is 7.05 Å². The topological polar surface area (TPSA) is 111 Å². The highest BCUT2D eigenvalue weighted by atomic mass is 32.2. The van der Waals surface area contributed by atoms with Gasteiger partial charge >= 0.3 is 0 Å². The minimum Gasteiger partial charge on any atom is -0.351 e. The Morgan fingerprint density at radius 3 is 2.64 bits per heavy atom.